The predicted octanol–water partition coefficient (Wildman–Crippen LogP) is 4.92. The average molecular weight is 318 g/mol. The molecule has 24 heavy (non-hydrogen) atoms. The first-order chi connectivity index (χ1) is 11.7. The van der Waals surface area contributed by atoms with Crippen molar-refractivity contribution in [2.75, 3.05) is 0 Å². The van der Waals surface area contributed by atoms with E-state index in [2.05, 4.69) is 17.1 Å². The average Bonchev–Trinajstić information content (AvgIpc) is 2.63. The van der Waals surface area contributed by atoms with Gasteiger partial charge in [-0.15, -0.1) is 5.10 Å². The van der Waals surface area contributed by atoms with Crippen LogP contribution < -0.4 is 0 Å². The van der Waals surface area contributed by atoms with Crippen LogP contribution in [0, 0.1) is 5.92 Å². The molecule has 3 nitrogen and oxygen atoms in total. The van der Waals surface area contributed by atoms with Gasteiger partial charge in [0.25, 0.3) is 0 Å². The number of benzene rings is 2. The number of carbonyl (C=O) groups is 1. The molecule has 1 aliphatic rings. The highest BCUT2D eigenvalue weighted by molar-refractivity contribution is 6.51. The molecule has 0 radical (unpaired) electrons. The summed E-state index contributed by atoms with van der Waals surface area (Å²) in [6.07, 6.45) is 4.36. The molecule has 0 aliphatic heterocycles. The summed E-state index contributed by atoms with van der Waals surface area (Å²) in [7, 11) is 0. The van der Waals surface area contributed by atoms with Gasteiger partial charge >= 0.3 is 0 Å². The first kappa shape index (κ1) is 16.3. The second-order valence-corrected chi connectivity index (χ2v) is 6.38. The van der Waals surface area contributed by atoms with Gasteiger partial charge in [-0.05, 0) is 31.6 Å². The molecule has 1 fully saturated rings. The van der Waals surface area contributed by atoms with Crippen LogP contribution >= 0.6 is 0 Å². The summed E-state index contributed by atoms with van der Waals surface area (Å²) >= 11 is 0. The number of ketones is 1. The SMILES string of the molecule is C[C@@H]1CCC/C(=N/N=C(\C(=O)c2ccccc2)c2ccccc2)C1. The molecule has 2 aromatic carbocycles. The fourth-order valence-corrected chi connectivity index (χ4v) is 3.03. The number of Topliss-reactive ketones (excluding diaryl/α,β-unsaturated/α-hetero) is 1. The minimum Gasteiger partial charge on any atom is -0.287 e. The molecule has 3 heteroatoms. The lowest BCUT2D eigenvalue weighted by Crippen LogP contribution is -2.17. The molecular formula is C21H22N2O. The van der Waals surface area contributed by atoms with Gasteiger partial charge in [0, 0.05) is 16.8 Å². The quantitative estimate of drug-likeness (QED) is 0.448. The van der Waals surface area contributed by atoms with Gasteiger partial charge in [0.05, 0.1) is 0 Å². The van der Waals surface area contributed by atoms with Gasteiger partial charge in [-0.1, -0.05) is 67.6 Å². The highest BCUT2D eigenvalue weighted by Crippen LogP contribution is 2.21. The minimum absolute atomic E-state index is 0.0880. The van der Waals surface area contributed by atoms with E-state index in [0.717, 1.165) is 30.5 Å². The topological polar surface area (TPSA) is 41.8 Å². The maximum absolute atomic E-state index is 12.9. The van der Waals surface area contributed by atoms with Gasteiger partial charge in [-0.25, -0.2) is 0 Å². The molecule has 1 atom stereocenters. The first-order valence-corrected chi connectivity index (χ1v) is 8.52. The summed E-state index contributed by atoms with van der Waals surface area (Å²) in [5, 5.41) is 8.82. The first-order valence-electron chi connectivity index (χ1n) is 8.52. The van der Waals surface area contributed by atoms with Gasteiger partial charge in [0.2, 0.25) is 5.78 Å². The molecule has 1 saturated carbocycles. The van der Waals surface area contributed by atoms with Gasteiger partial charge in [0.15, 0.2) is 0 Å². The van der Waals surface area contributed by atoms with Crippen molar-refractivity contribution >= 4 is 17.2 Å². The lowest BCUT2D eigenvalue weighted by molar-refractivity contribution is 0.106. The molecule has 122 valence electrons. The van der Waals surface area contributed by atoms with Crippen LogP contribution in [0.3, 0.4) is 0 Å². The summed E-state index contributed by atoms with van der Waals surface area (Å²) in [5.41, 5.74) is 2.95. The van der Waals surface area contributed by atoms with Crippen molar-refractivity contribution in [3.8, 4) is 0 Å². The standard InChI is InChI=1S/C21H22N2O/c1-16-9-8-14-19(15-16)22-23-20(17-10-4-2-5-11-17)21(24)18-12-6-3-7-13-18/h2-7,10-13,16H,8-9,14-15H2,1H3/b22-19-,23-20-/t16-/m1/s1. The Morgan fingerprint density at radius 2 is 1.58 bits per heavy atom. The van der Waals surface area contributed by atoms with Crippen LogP contribution in [0.25, 0.3) is 0 Å². The molecule has 0 N–H and O–H groups in total. The van der Waals surface area contributed by atoms with Crippen LogP contribution in [0.4, 0.5) is 0 Å². The Bertz CT molecular complexity index is 748. The van der Waals surface area contributed by atoms with Crippen molar-refractivity contribution in [3.05, 3.63) is 71.8 Å². The molecule has 0 aromatic heterocycles. The van der Waals surface area contributed by atoms with E-state index in [-0.39, 0.29) is 5.78 Å². The van der Waals surface area contributed by atoms with E-state index in [1.165, 1.54) is 6.42 Å². The Balaban J connectivity index is 1.95. The molecule has 1 aliphatic carbocycles. The van der Waals surface area contributed by atoms with Crippen LogP contribution in [-0.2, 0) is 0 Å². The van der Waals surface area contributed by atoms with Crippen molar-refractivity contribution in [1.82, 2.24) is 0 Å². The molecule has 3 rings (SSSR count). The molecule has 0 spiro atoms. The van der Waals surface area contributed by atoms with Crippen molar-refractivity contribution in [1.29, 1.82) is 0 Å². The summed E-state index contributed by atoms with van der Waals surface area (Å²) < 4.78 is 0. The van der Waals surface area contributed by atoms with E-state index in [1.54, 1.807) is 0 Å². The second kappa shape index (κ2) is 7.82. The Morgan fingerprint density at radius 3 is 2.21 bits per heavy atom. The third kappa shape index (κ3) is 4.05. The van der Waals surface area contributed by atoms with E-state index < -0.39 is 0 Å². The molecule has 0 heterocycles. The smallest absolute Gasteiger partial charge is 0.213 e. The Labute approximate surface area is 143 Å². The summed E-state index contributed by atoms with van der Waals surface area (Å²) in [6.45, 7) is 2.24. The zero-order chi connectivity index (χ0) is 16.8. The summed E-state index contributed by atoms with van der Waals surface area (Å²) in [4.78, 5) is 12.9. The Hall–Kier alpha value is -2.55. The summed E-state index contributed by atoms with van der Waals surface area (Å²) in [6, 6.07) is 18.8. The zero-order valence-electron chi connectivity index (χ0n) is 14.0. The Kier molecular flexibility index (Phi) is 5.32. The van der Waals surface area contributed by atoms with Gasteiger partial charge in [-0.3, -0.25) is 4.79 Å². The number of nitrogens with zero attached hydrogens (tertiary/aromatic N) is 2. The number of hydrogen-bond acceptors (Lipinski definition) is 3. The van der Waals surface area contributed by atoms with Crippen LogP contribution in [0.1, 0.15) is 48.5 Å². The van der Waals surface area contributed by atoms with E-state index in [0.29, 0.717) is 17.2 Å². The maximum Gasteiger partial charge on any atom is 0.213 e. The number of carbonyl (C=O) groups excluding carboxylic acids is 1. The fraction of sp³-hybridized carbons (Fsp3) is 0.286. The third-order valence-electron chi connectivity index (χ3n) is 4.34. The van der Waals surface area contributed by atoms with Crippen LogP contribution in [0.15, 0.2) is 70.9 Å². The van der Waals surface area contributed by atoms with Crippen LogP contribution in [0.2, 0.25) is 0 Å². The van der Waals surface area contributed by atoms with E-state index in [1.807, 2.05) is 60.7 Å². The third-order valence-corrected chi connectivity index (χ3v) is 4.34. The van der Waals surface area contributed by atoms with Crippen LogP contribution in [-0.4, -0.2) is 17.2 Å². The monoisotopic (exact) mass is 318 g/mol. The summed E-state index contributed by atoms with van der Waals surface area (Å²) in [5.74, 6) is 0.563. The molecule has 0 unspecified atom stereocenters. The highest BCUT2D eigenvalue weighted by Gasteiger charge is 2.17. The zero-order valence-corrected chi connectivity index (χ0v) is 14.0. The molecule has 0 bridgehead atoms. The lowest BCUT2D eigenvalue weighted by atomic mass is 9.89. The lowest BCUT2D eigenvalue weighted by Gasteiger charge is -2.18. The highest BCUT2D eigenvalue weighted by atomic mass is 16.1. The Morgan fingerprint density at radius 1 is 0.958 bits per heavy atom. The number of hydrogen-bond donors (Lipinski definition) is 0. The predicted molar refractivity (Wildman–Crippen MR) is 98.8 cm³/mol. The van der Waals surface area contributed by atoms with Gasteiger partial charge < -0.3 is 0 Å². The van der Waals surface area contributed by atoms with Crippen molar-refractivity contribution in [2.45, 2.75) is 32.6 Å². The fourth-order valence-electron chi connectivity index (χ4n) is 3.03. The maximum atomic E-state index is 12.9. The van der Waals surface area contributed by atoms with E-state index in [4.69, 9.17) is 0 Å². The second-order valence-electron chi connectivity index (χ2n) is 6.38. The number of rotatable bonds is 4. The molecule has 0 saturated heterocycles. The van der Waals surface area contributed by atoms with E-state index >= 15 is 0 Å². The normalized spacial score (nSPS) is 20.1. The minimum atomic E-state index is -0.0880. The van der Waals surface area contributed by atoms with Crippen LogP contribution in [0.5, 0.6) is 0 Å². The molecule has 0 amide bonds. The van der Waals surface area contributed by atoms with E-state index in [9.17, 15) is 4.79 Å². The molecular weight excluding hydrogens is 296 g/mol. The van der Waals surface area contributed by atoms with Gasteiger partial charge in [0.1, 0.15) is 5.71 Å². The molecule has 2 aromatic rings. The van der Waals surface area contributed by atoms with Crippen molar-refractivity contribution < 1.29 is 4.79 Å². The van der Waals surface area contributed by atoms with Crippen molar-refractivity contribution in [2.24, 2.45) is 16.1 Å². The largest absolute Gasteiger partial charge is 0.287 e. The van der Waals surface area contributed by atoms with Crippen molar-refractivity contribution in [3.63, 3.8) is 0 Å². The van der Waals surface area contributed by atoms with Gasteiger partial charge in [-0.2, -0.15) is 5.10 Å².